The second-order valence-corrected chi connectivity index (χ2v) is 2.56. The lowest BCUT2D eigenvalue weighted by molar-refractivity contribution is -0.614. The van der Waals surface area contributed by atoms with E-state index in [0.717, 1.165) is 10.3 Å². The van der Waals surface area contributed by atoms with Crippen molar-refractivity contribution in [2.45, 2.75) is 13.5 Å². The predicted octanol–water partition coefficient (Wildman–Crippen LogP) is 0.0957. The van der Waals surface area contributed by atoms with Crippen LogP contribution in [0.15, 0.2) is 12.3 Å². The molecule has 0 atom stereocenters. The fourth-order valence-corrected chi connectivity index (χ4v) is 1.07. The molecule has 4 nitrogen and oxygen atoms in total. The van der Waals surface area contributed by atoms with E-state index in [-0.39, 0.29) is 6.54 Å². The summed E-state index contributed by atoms with van der Waals surface area (Å²) in [4.78, 5) is 0. The number of hydrogen-bond donors (Lipinski definition) is 1. The van der Waals surface area contributed by atoms with Crippen LogP contribution in [0.3, 0.4) is 0 Å². The molecule has 1 heterocycles. The maximum Gasteiger partial charge on any atom is 0.248 e. The molecule has 0 spiro atoms. The summed E-state index contributed by atoms with van der Waals surface area (Å²) in [6, 6.07) is 1.79. The highest BCUT2D eigenvalue weighted by atomic mass is 16.5. The Morgan fingerprint density at radius 1 is 1.67 bits per heavy atom. The van der Waals surface area contributed by atoms with Crippen molar-refractivity contribution in [3.63, 3.8) is 0 Å². The molecule has 1 rings (SSSR count). The van der Waals surface area contributed by atoms with Crippen molar-refractivity contribution < 1.29 is 9.47 Å². The summed E-state index contributed by atoms with van der Waals surface area (Å²) in [6.07, 6.45) is 1.48. The van der Waals surface area contributed by atoms with E-state index in [2.05, 4.69) is 0 Å². The molecule has 0 saturated carbocycles. The highest BCUT2D eigenvalue weighted by molar-refractivity contribution is 5.27. The standard InChI is InChI=1S/C8H12N2O2/c1-6-3-8(12-2)7(4-9)10(11)5-6/h3,5H,4,9H2,1-2H3. The molecule has 4 heteroatoms. The molecule has 2 N–H and O–H groups in total. The van der Waals surface area contributed by atoms with Crippen molar-refractivity contribution in [2.75, 3.05) is 7.11 Å². The molecule has 0 unspecified atom stereocenters. The lowest BCUT2D eigenvalue weighted by Gasteiger charge is -2.07. The van der Waals surface area contributed by atoms with E-state index in [9.17, 15) is 5.21 Å². The van der Waals surface area contributed by atoms with Crippen molar-refractivity contribution in [1.29, 1.82) is 0 Å². The van der Waals surface area contributed by atoms with Crippen LogP contribution in [0.5, 0.6) is 5.75 Å². The first kappa shape index (κ1) is 8.80. The molecule has 0 aromatic carbocycles. The minimum absolute atomic E-state index is 0.187. The summed E-state index contributed by atoms with van der Waals surface area (Å²) in [5.74, 6) is 0.549. The molecule has 0 fully saturated rings. The minimum atomic E-state index is 0.187. The summed E-state index contributed by atoms with van der Waals surface area (Å²) in [7, 11) is 1.52. The fraction of sp³-hybridized carbons (Fsp3) is 0.375. The zero-order chi connectivity index (χ0) is 9.14. The average Bonchev–Trinajstić information content (AvgIpc) is 2.03. The Hall–Kier alpha value is -1.29. The summed E-state index contributed by atoms with van der Waals surface area (Å²) < 4.78 is 5.74. The van der Waals surface area contributed by atoms with Crippen LogP contribution in [0.4, 0.5) is 0 Å². The van der Waals surface area contributed by atoms with Gasteiger partial charge in [-0.15, -0.1) is 0 Å². The lowest BCUT2D eigenvalue weighted by Crippen LogP contribution is -2.33. The first-order chi connectivity index (χ1) is 5.69. The van der Waals surface area contributed by atoms with Gasteiger partial charge in [-0.3, -0.25) is 0 Å². The lowest BCUT2D eigenvalue weighted by atomic mass is 10.2. The topological polar surface area (TPSA) is 62.2 Å². The molecule has 0 aliphatic rings. The van der Waals surface area contributed by atoms with Gasteiger partial charge < -0.3 is 15.7 Å². The first-order valence-corrected chi connectivity index (χ1v) is 3.65. The Balaban J connectivity index is 3.24. The number of rotatable bonds is 2. The van der Waals surface area contributed by atoms with E-state index >= 15 is 0 Å². The van der Waals surface area contributed by atoms with Crippen LogP contribution in [-0.4, -0.2) is 7.11 Å². The van der Waals surface area contributed by atoms with Crippen LogP contribution < -0.4 is 15.2 Å². The molecule has 1 aromatic rings. The quantitative estimate of drug-likeness (QED) is 0.503. The van der Waals surface area contributed by atoms with Gasteiger partial charge in [-0.05, 0) is 13.0 Å². The van der Waals surface area contributed by atoms with Gasteiger partial charge in [-0.1, -0.05) is 0 Å². The third-order valence-electron chi connectivity index (χ3n) is 1.64. The van der Waals surface area contributed by atoms with Gasteiger partial charge in [0.15, 0.2) is 11.9 Å². The van der Waals surface area contributed by atoms with E-state index < -0.39 is 0 Å². The molecule has 1 aromatic heterocycles. The molecule has 0 bridgehead atoms. The molecular weight excluding hydrogens is 156 g/mol. The van der Waals surface area contributed by atoms with E-state index in [0.29, 0.717) is 11.4 Å². The van der Waals surface area contributed by atoms with Gasteiger partial charge >= 0.3 is 0 Å². The fourth-order valence-electron chi connectivity index (χ4n) is 1.07. The van der Waals surface area contributed by atoms with Crippen molar-refractivity contribution in [3.05, 3.63) is 28.7 Å². The van der Waals surface area contributed by atoms with Gasteiger partial charge in [0, 0.05) is 5.56 Å². The van der Waals surface area contributed by atoms with Crippen LogP contribution in [0, 0.1) is 12.1 Å². The summed E-state index contributed by atoms with van der Waals surface area (Å²) in [6.45, 7) is 2.02. The van der Waals surface area contributed by atoms with Gasteiger partial charge in [0.25, 0.3) is 0 Å². The maximum absolute atomic E-state index is 11.2. The second-order valence-electron chi connectivity index (χ2n) is 2.56. The molecule has 0 amide bonds. The number of nitrogens with zero attached hydrogens (tertiary/aromatic N) is 1. The Morgan fingerprint density at radius 3 is 2.83 bits per heavy atom. The van der Waals surface area contributed by atoms with Crippen LogP contribution >= 0.6 is 0 Å². The van der Waals surface area contributed by atoms with Crippen molar-refractivity contribution >= 4 is 0 Å². The number of methoxy groups -OCH3 is 1. The minimum Gasteiger partial charge on any atom is -0.618 e. The number of pyridine rings is 1. The number of aryl methyl sites for hydroxylation is 1. The largest absolute Gasteiger partial charge is 0.618 e. The van der Waals surface area contributed by atoms with Crippen LogP contribution in [0.2, 0.25) is 0 Å². The van der Waals surface area contributed by atoms with E-state index in [4.69, 9.17) is 10.5 Å². The summed E-state index contributed by atoms with van der Waals surface area (Å²) in [5, 5.41) is 11.2. The van der Waals surface area contributed by atoms with E-state index in [1.807, 2.05) is 6.92 Å². The smallest absolute Gasteiger partial charge is 0.248 e. The molecule has 66 valence electrons. The van der Waals surface area contributed by atoms with Crippen LogP contribution in [0.25, 0.3) is 0 Å². The number of aromatic nitrogens is 1. The van der Waals surface area contributed by atoms with Crippen LogP contribution in [-0.2, 0) is 6.54 Å². The van der Waals surface area contributed by atoms with E-state index in [1.54, 1.807) is 6.07 Å². The zero-order valence-electron chi connectivity index (χ0n) is 7.20. The SMILES string of the molecule is COc1cc(C)c[n+]([O-])c1CN. The van der Waals surface area contributed by atoms with E-state index in [1.165, 1.54) is 13.3 Å². The second kappa shape index (κ2) is 3.40. The summed E-state index contributed by atoms with van der Waals surface area (Å²) >= 11 is 0. The molecule has 0 radical (unpaired) electrons. The Bertz CT molecular complexity index is 287. The molecule has 0 aliphatic carbocycles. The van der Waals surface area contributed by atoms with Gasteiger partial charge in [-0.2, -0.15) is 4.73 Å². The van der Waals surface area contributed by atoms with Gasteiger partial charge in [-0.25, -0.2) is 0 Å². The predicted molar refractivity (Wildman–Crippen MR) is 44.6 cm³/mol. The molecule has 0 aliphatic heterocycles. The van der Waals surface area contributed by atoms with Crippen molar-refractivity contribution in [1.82, 2.24) is 0 Å². The highest BCUT2D eigenvalue weighted by Crippen LogP contribution is 2.14. The number of hydrogen-bond acceptors (Lipinski definition) is 3. The molecule has 12 heavy (non-hydrogen) atoms. The zero-order valence-corrected chi connectivity index (χ0v) is 7.20. The number of nitrogens with two attached hydrogens (primary N) is 1. The maximum atomic E-state index is 11.2. The Labute approximate surface area is 71.2 Å². The van der Waals surface area contributed by atoms with Gasteiger partial charge in [0.1, 0.15) is 0 Å². The monoisotopic (exact) mass is 168 g/mol. The third-order valence-corrected chi connectivity index (χ3v) is 1.64. The average molecular weight is 168 g/mol. The first-order valence-electron chi connectivity index (χ1n) is 3.65. The summed E-state index contributed by atoms with van der Waals surface area (Å²) in [5.41, 5.74) is 6.70. The Kier molecular flexibility index (Phi) is 2.50. The van der Waals surface area contributed by atoms with Gasteiger partial charge in [0.05, 0.1) is 13.7 Å². The normalized spacial score (nSPS) is 9.92. The van der Waals surface area contributed by atoms with Crippen molar-refractivity contribution in [2.24, 2.45) is 5.73 Å². The van der Waals surface area contributed by atoms with Crippen molar-refractivity contribution in [3.8, 4) is 5.75 Å². The van der Waals surface area contributed by atoms with Gasteiger partial charge in [0.2, 0.25) is 5.69 Å². The third kappa shape index (κ3) is 1.48. The van der Waals surface area contributed by atoms with Crippen LogP contribution in [0.1, 0.15) is 11.3 Å². The Morgan fingerprint density at radius 2 is 2.33 bits per heavy atom. The highest BCUT2D eigenvalue weighted by Gasteiger charge is 2.11. The molecular formula is C8H12N2O2. The molecule has 0 saturated heterocycles. The number of ether oxygens (including phenoxy) is 1.